The van der Waals surface area contributed by atoms with Crippen molar-refractivity contribution in [3.05, 3.63) is 59.0 Å². The summed E-state index contributed by atoms with van der Waals surface area (Å²) in [5, 5.41) is 0. The van der Waals surface area contributed by atoms with Crippen molar-refractivity contribution in [2.24, 2.45) is 0 Å². The molecule has 7 heteroatoms. The van der Waals surface area contributed by atoms with E-state index in [4.69, 9.17) is 0 Å². The summed E-state index contributed by atoms with van der Waals surface area (Å²) in [5.74, 6) is -0.214. The van der Waals surface area contributed by atoms with Gasteiger partial charge in [-0.25, -0.2) is 9.97 Å². The number of fused-ring (bicyclic) bond motifs is 1. The highest BCUT2D eigenvalue weighted by molar-refractivity contribution is 5.98. The van der Waals surface area contributed by atoms with Crippen LogP contribution < -0.4 is 0 Å². The molecule has 0 spiro atoms. The second kappa shape index (κ2) is 7.89. The van der Waals surface area contributed by atoms with Crippen molar-refractivity contribution in [2.45, 2.75) is 40.3 Å². The maximum absolute atomic E-state index is 13.0. The molecule has 0 atom stereocenters. The fourth-order valence-corrected chi connectivity index (χ4v) is 3.77. The second-order valence-corrected chi connectivity index (χ2v) is 8.27. The van der Waals surface area contributed by atoms with Crippen molar-refractivity contribution < 1.29 is 9.59 Å². The maximum atomic E-state index is 13.0. The average molecular weight is 406 g/mol. The smallest absolute Gasteiger partial charge is 0.256 e. The molecule has 2 amide bonds. The van der Waals surface area contributed by atoms with Gasteiger partial charge >= 0.3 is 0 Å². The van der Waals surface area contributed by atoms with Crippen molar-refractivity contribution in [1.29, 1.82) is 0 Å². The Bertz CT molecular complexity index is 1120. The van der Waals surface area contributed by atoms with Crippen molar-refractivity contribution in [1.82, 2.24) is 24.3 Å². The van der Waals surface area contributed by atoms with Crippen LogP contribution in [-0.2, 0) is 11.3 Å². The molecule has 1 aliphatic rings. The number of rotatable bonds is 4. The highest BCUT2D eigenvalue weighted by Crippen LogP contribution is 2.19. The molecule has 0 saturated carbocycles. The molecular weight excluding hydrogens is 378 g/mol. The minimum absolute atomic E-state index is 0.0362. The Labute approximate surface area is 176 Å². The predicted molar refractivity (Wildman–Crippen MR) is 115 cm³/mol. The zero-order valence-electron chi connectivity index (χ0n) is 17.9. The van der Waals surface area contributed by atoms with E-state index >= 15 is 0 Å². The van der Waals surface area contributed by atoms with E-state index in [1.807, 2.05) is 9.47 Å². The minimum atomic E-state index is -0.178. The summed E-state index contributed by atoms with van der Waals surface area (Å²) >= 11 is 0. The largest absolute Gasteiger partial charge is 0.335 e. The number of imidazole rings is 1. The quantitative estimate of drug-likeness (QED) is 0.669. The predicted octanol–water partition coefficient (Wildman–Crippen LogP) is 3.11. The van der Waals surface area contributed by atoms with Gasteiger partial charge in [0.2, 0.25) is 5.91 Å². The third kappa shape index (κ3) is 3.79. The number of pyridine rings is 1. The van der Waals surface area contributed by atoms with Crippen LogP contribution in [0.15, 0.2) is 36.8 Å². The number of nitrogens with zero attached hydrogens (tertiary/aromatic N) is 5. The first-order chi connectivity index (χ1) is 14.3. The number of carbonyl (C=O) groups is 2. The molecule has 3 aromatic rings. The molecule has 0 radical (unpaired) electrons. The number of aromatic nitrogens is 3. The Hall–Kier alpha value is -3.22. The number of carbonyl (C=O) groups excluding carboxylic acids is 2. The number of piperazine rings is 1. The van der Waals surface area contributed by atoms with E-state index in [1.54, 1.807) is 23.5 Å². The Morgan fingerprint density at radius 3 is 2.60 bits per heavy atom. The Morgan fingerprint density at radius 1 is 1.10 bits per heavy atom. The molecule has 2 aromatic heterocycles. The summed E-state index contributed by atoms with van der Waals surface area (Å²) in [7, 11) is 0. The van der Waals surface area contributed by atoms with E-state index in [1.165, 1.54) is 11.1 Å². The summed E-state index contributed by atoms with van der Waals surface area (Å²) in [4.78, 5) is 37.9. The topological polar surface area (TPSA) is 71.3 Å². The first-order valence-corrected chi connectivity index (χ1v) is 10.3. The fourth-order valence-electron chi connectivity index (χ4n) is 3.77. The van der Waals surface area contributed by atoms with Crippen LogP contribution in [0.4, 0.5) is 0 Å². The summed E-state index contributed by atoms with van der Waals surface area (Å²) in [6.07, 6.45) is 3.32. The van der Waals surface area contributed by atoms with Gasteiger partial charge in [-0.15, -0.1) is 0 Å². The van der Waals surface area contributed by atoms with Crippen LogP contribution in [0.5, 0.6) is 0 Å². The monoisotopic (exact) mass is 405 g/mol. The summed E-state index contributed by atoms with van der Waals surface area (Å²) in [6, 6.07) is 8.27. The van der Waals surface area contributed by atoms with Crippen LogP contribution in [0.25, 0.3) is 11.2 Å². The minimum Gasteiger partial charge on any atom is -0.335 e. The standard InChI is InChI=1S/C23H27N5O2/c1-15(2)28-14-25-20-10-19(11-24-22(20)28)23(30)27-8-7-26(21(29)13-27)12-18-6-5-16(3)17(4)9-18/h5-6,9-11,14-15H,7-8,12-13H2,1-4H3. The molecular formula is C23H27N5O2. The van der Waals surface area contributed by atoms with Crippen LogP contribution >= 0.6 is 0 Å². The van der Waals surface area contributed by atoms with Gasteiger partial charge in [0.15, 0.2) is 5.65 Å². The Morgan fingerprint density at radius 2 is 1.90 bits per heavy atom. The highest BCUT2D eigenvalue weighted by atomic mass is 16.2. The summed E-state index contributed by atoms with van der Waals surface area (Å²) < 4.78 is 1.97. The highest BCUT2D eigenvalue weighted by Gasteiger charge is 2.28. The number of benzene rings is 1. The zero-order valence-corrected chi connectivity index (χ0v) is 17.9. The van der Waals surface area contributed by atoms with Gasteiger partial charge in [-0.05, 0) is 50.5 Å². The van der Waals surface area contributed by atoms with Gasteiger partial charge in [0.25, 0.3) is 5.91 Å². The van der Waals surface area contributed by atoms with E-state index < -0.39 is 0 Å². The lowest BCUT2D eigenvalue weighted by atomic mass is 10.1. The molecule has 0 aliphatic carbocycles. The van der Waals surface area contributed by atoms with E-state index in [0.29, 0.717) is 30.7 Å². The van der Waals surface area contributed by atoms with Crippen molar-refractivity contribution in [3.8, 4) is 0 Å². The van der Waals surface area contributed by atoms with Crippen LogP contribution in [0.1, 0.15) is 46.9 Å². The van der Waals surface area contributed by atoms with Crippen molar-refractivity contribution >= 4 is 23.0 Å². The molecule has 4 rings (SSSR count). The van der Waals surface area contributed by atoms with Crippen molar-refractivity contribution in [3.63, 3.8) is 0 Å². The van der Waals surface area contributed by atoms with Gasteiger partial charge in [-0.2, -0.15) is 0 Å². The molecule has 156 valence electrons. The molecule has 0 unspecified atom stereocenters. The SMILES string of the molecule is Cc1ccc(CN2CCN(C(=O)c3cnc4c(c3)ncn4C(C)C)CC2=O)cc1C. The van der Waals surface area contributed by atoms with Crippen molar-refractivity contribution in [2.75, 3.05) is 19.6 Å². The van der Waals surface area contributed by atoms with Crippen LogP contribution in [0, 0.1) is 13.8 Å². The molecule has 1 aliphatic heterocycles. The van der Waals surface area contributed by atoms with Gasteiger partial charge in [0.05, 0.1) is 11.9 Å². The summed E-state index contributed by atoms with van der Waals surface area (Å²) in [5.41, 5.74) is 5.49. The van der Waals surface area contributed by atoms with Gasteiger partial charge < -0.3 is 14.4 Å². The lowest BCUT2D eigenvalue weighted by molar-refractivity contribution is -0.135. The third-order valence-corrected chi connectivity index (χ3v) is 5.77. The average Bonchev–Trinajstić information content (AvgIpc) is 3.15. The van der Waals surface area contributed by atoms with Gasteiger partial charge in [0.1, 0.15) is 12.1 Å². The molecule has 1 fully saturated rings. The molecule has 0 N–H and O–H groups in total. The molecule has 7 nitrogen and oxygen atoms in total. The van der Waals surface area contributed by atoms with E-state index in [-0.39, 0.29) is 24.4 Å². The lowest BCUT2D eigenvalue weighted by Gasteiger charge is -2.34. The van der Waals surface area contributed by atoms with Gasteiger partial charge in [-0.1, -0.05) is 18.2 Å². The molecule has 1 saturated heterocycles. The van der Waals surface area contributed by atoms with Gasteiger partial charge in [0, 0.05) is 31.9 Å². The molecule has 0 bridgehead atoms. The lowest BCUT2D eigenvalue weighted by Crippen LogP contribution is -2.51. The normalized spacial score (nSPS) is 14.8. The molecule has 1 aromatic carbocycles. The zero-order chi connectivity index (χ0) is 21.4. The van der Waals surface area contributed by atoms with Crippen LogP contribution in [-0.4, -0.2) is 55.8 Å². The maximum Gasteiger partial charge on any atom is 0.256 e. The number of hydrogen-bond donors (Lipinski definition) is 0. The number of amides is 2. The molecule has 30 heavy (non-hydrogen) atoms. The van der Waals surface area contributed by atoms with E-state index in [9.17, 15) is 9.59 Å². The van der Waals surface area contributed by atoms with Crippen LogP contribution in [0.2, 0.25) is 0 Å². The number of hydrogen-bond acceptors (Lipinski definition) is 4. The first-order valence-electron chi connectivity index (χ1n) is 10.3. The van der Waals surface area contributed by atoms with E-state index in [2.05, 4.69) is 55.9 Å². The molecule has 3 heterocycles. The Balaban J connectivity index is 1.44. The second-order valence-electron chi connectivity index (χ2n) is 8.27. The van der Waals surface area contributed by atoms with E-state index in [0.717, 1.165) is 11.2 Å². The van der Waals surface area contributed by atoms with Gasteiger partial charge in [-0.3, -0.25) is 9.59 Å². The number of aryl methyl sites for hydroxylation is 2. The first kappa shape index (κ1) is 20.1. The van der Waals surface area contributed by atoms with Crippen LogP contribution in [0.3, 0.4) is 0 Å². The Kier molecular flexibility index (Phi) is 5.28. The fraction of sp³-hybridized carbons (Fsp3) is 0.391. The summed E-state index contributed by atoms with van der Waals surface area (Å²) in [6.45, 7) is 9.96. The third-order valence-electron chi connectivity index (χ3n) is 5.77.